The first-order valence-electron chi connectivity index (χ1n) is 11.4. The van der Waals surface area contributed by atoms with E-state index >= 15 is 0 Å². The van der Waals surface area contributed by atoms with E-state index in [2.05, 4.69) is 15.9 Å². The molecule has 1 aliphatic carbocycles. The molecule has 5 rings (SSSR count). The molecular formula is C24H32ClN3O2. The second-order valence-corrected chi connectivity index (χ2v) is 9.46. The largest absolute Gasteiger partial charge is 0.493 e. The number of likely N-dealkylation sites (tertiary alicyclic amines) is 2. The Morgan fingerprint density at radius 3 is 2.73 bits per heavy atom. The van der Waals surface area contributed by atoms with Crippen molar-refractivity contribution >= 4 is 18.3 Å². The molecule has 1 aromatic rings. The molecule has 0 N–H and O–H groups in total. The molecule has 0 spiro atoms. The van der Waals surface area contributed by atoms with E-state index in [1.165, 1.54) is 37.7 Å². The summed E-state index contributed by atoms with van der Waals surface area (Å²) in [5.74, 6) is 3.22. The van der Waals surface area contributed by atoms with Gasteiger partial charge in [-0.2, -0.15) is 5.26 Å². The van der Waals surface area contributed by atoms with Gasteiger partial charge >= 0.3 is 0 Å². The van der Waals surface area contributed by atoms with Gasteiger partial charge in [0, 0.05) is 49.5 Å². The van der Waals surface area contributed by atoms with Gasteiger partial charge in [0.2, 0.25) is 5.91 Å². The summed E-state index contributed by atoms with van der Waals surface area (Å²) in [6, 6.07) is 8.65. The molecule has 0 aromatic heterocycles. The fraction of sp³-hybridized carbons (Fsp3) is 0.667. The van der Waals surface area contributed by atoms with Crippen molar-refractivity contribution < 1.29 is 9.53 Å². The molecule has 3 aliphatic heterocycles. The summed E-state index contributed by atoms with van der Waals surface area (Å²) >= 11 is 0. The minimum Gasteiger partial charge on any atom is -0.493 e. The Bertz CT molecular complexity index is 815. The number of ether oxygens (including phenoxy) is 1. The predicted octanol–water partition coefficient (Wildman–Crippen LogP) is 3.96. The number of amides is 1. The van der Waals surface area contributed by atoms with Crippen molar-refractivity contribution in [1.29, 1.82) is 5.26 Å². The number of halogens is 1. The first-order valence-corrected chi connectivity index (χ1v) is 11.4. The maximum absolute atomic E-state index is 12.0. The lowest BCUT2D eigenvalue weighted by molar-refractivity contribution is -0.130. The third kappa shape index (κ3) is 4.18. The SMILES string of the molecule is Cl.N#Cc1ccc2c(c1)[C@@H]1CN(CC[C@H]3CC[C@H](N4CCCC4=O)CC3)C[C@H]1CO2. The highest BCUT2D eigenvalue weighted by molar-refractivity contribution is 5.85. The summed E-state index contributed by atoms with van der Waals surface area (Å²) in [6.45, 7) is 5.15. The molecule has 0 bridgehead atoms. The highest BCUT2D eigenvalue weighted by Crippen LogP contribution is 2.42. The van der Waals surface area contributed by atoms with Crippen molar-refractivity contribution in [2.45, 2.75) is 56.9 Å². The van der Waals surface area contributed by atoms with Gasteiger partial charge in [-0.3, -0.25) is 4.79 Å². The van der Waals surface area contributed by atoms with E-state index < -0.39 is 0 Å². The molecule has 162 valence electrons. The van der Waals surface area contributed by atoms with Gasteiger partial charge in [-0.25, -0.2) is 0 Å². The van der Waals surface area contributed by atoms with Gasteiger partial charge in [-0.15, -0.1) is 12.4 Å². The van der Waals surface area contributed by atoms with Crippen LogP contribution in [0.5, 0.6) is 5.75 Å². The summed E-state index contributed by atoms with van der Waals surface area (Å²) in [6.07, 6.45) is 8.02. The third-order valence-electron chi connectivity index (χ3n) is 7.73. The Hall–Kier alpha value is -1.77. The maximum Gasteiger partial charge on any atom is 0.222 e. The summed E-state index contributed by atoms with van der Waals surface area (Å²) in [4.78, 5) is 16.8. The number of nitrogens with zero attached hydrogens (tertiary/aromatic N) is 3. The van der Waals surface area contributed by atoms with Gasteiger partial charge < -0.3 is 14.5 Å². The van der Waals surface area contributed by atoms with E-state index in [0.717, 1.165) is 62.9 Å². The molecule has 0 radical (unpaired) electrons. The smallest absolute Gasteiger partial charge is 0.222 e. The highest BCUT2D eigenvalue weighted by atomic mass is 35.5. The van der Waals surface area contributed by atoms with Crippen molar-refractivity contribution in [3.8, 4) is 11.8 Å². The van der Waals surface area contributed by atoms with Crippen LogP contribution in [-0.4, -0.2) is 54.5 Å². The standard InChI is InChI=1S/C24H31N3O2.ClH/c25-13-18-5-8-23-21(12-18)22-15-26(14-19(22)16-29-23)11-9-17-3-6-20(7-4-17)27-10-1-2-24(27)28;/h5,8,12,17,19-20,22H,1-4,6-7,9-11,14-16H2;1H/t17-,19-,20-,22+;/m0./s1. The number of benzene rings is 1. The quantitative estimate of drug-likeness (QED) is 0.726. The topological polar surface area (TPSA) is 56.6 Å². The van der Waals surface area contributed by atoms with Crippen LogP contribution in [0, 0.1) is 23.2 Å². The molecule has 4 aliphatic rings. The Morgan fingerprint density at radius 1 is 1.17 bits per heavy atom. The molecule has 1 aromatic carbocycles. The van der Waals surface area contributed by atoms with Crippen molar-refractivity contribution in [1.82, 2.24) is 9.80 Å². The Kier molecular flexibility index (Phi) is 6.55. The van der Waals surface area contributed by atoms with Gasteiger partial charge in [-0.1, -0.05) is 0 Å². The summed E-state index contributed by atoms with van der Waals surface area (Å²) in [7, 11) is 0. The lowest BCUT2D eigenvalue weighted by atomic mass is 9.83. The number of rotatable bonds is 4. The lowest BCUT2D eigenvalue weighted by Gasteiger charge is -2.35. The average molecular weight is 430 g/mol. The van der Waals surface area contributed by atoms with Gasteiger partial charge in [0.1, 0.15) is 5.75 Å². The third-order valence-corrected chi connectivity index (χ3v) is 7.73. The number of carbonyl (C=O) groups excluding carboxylic acids is 1. The second-order valence-electron chi connectivity index (χ2n) is 9.46. The van der Waals surface area contributed by atoms with E-state index in [-0.39, 0.29) is 12.4 Å². The molecule has 6 heteroatoms. The van der Waals surface area contributed by atoms with Crippen molar-refractivity contribution in [2.24, 2.45) is 11.8 Å². The molecule has 3 heterocycles. The molecule has 5 nitrogen and oxygen atoms in total. The molecule has 1 saturated carbocycles. The van der Waals surface area contributed by atoms with Crippen molar-refractivity contribution in [3.05, 3.63) is 29.3 Å². The minimum absolute atomic E-state index is 0. The van der Waals surface area contributed by atoms with E-state index in [0.29, 0.717) is 23.8 Å². The van der Waals surface area contributed by atoms with Gasteiger partial charge in [0.25, 0.3) is 0 Å². The number of fused-ring (bicyclic) bond motifs is 3. The van der Waals surface area contributed by atoms with Gasteiger partial charge in [0.05, 0.1) is 18.2 Å². The fourth-order valence-corrected chi connectivity index (χ4v) is 6.07. The van der Waals surface area contributed by atoms with E-state index in [1.54, 1.807) is 0 Å². The van der Waals surface area contributed by atoms with Crippen LogP contribution in [0.3, 0.4) is 0 Å². The van der Waals surface area contributed by atoms with Gasteiger partial charge in [-0.05, 0) is 69.2 Å². The minimum atomic E-state index is 0. The van der Waals surface area contributed by atoms with E-state index in [4.69, 9.17) is 4.74 Å². The number of nitriles is 1. The molecule has 30 heavy (non-hydrogen) atoms. The number of hydrogen-bond donors (Lipinski definition) is 0. The zero-order valence-electron chi connectivity index (χ0n) is 17.6. The molecule has 0 unspecified atom stereocenters. The van der Waals surface area contributed by atoms with E-state index in [9.17, 15) is 10.1 Å². The second kappa shape index (κ2) is 9.16. The van der Waals surface area contributed by atoms with Crippen LogP contribution >= 0.6 is 12.4 Å². The summed E-state index contributed by atoms with van der Waals surface area (Å²) < 4.78 is 5.98. The number of hydrogen-bond acceptors (Lipinski definition) is 4. The van der Waals surface area contributed by atoms with E-state index in [1.807, 2.05) is 18.2 Å². The Morgan fingerprint density at radius 2 is 2.00 bits per heavy atom. The van der Waals surface area contributed by atoms with Crippen LogP contribution in [-0.2, 0) is 4.79 Å². The van der Waals surface area contributed by atoms with Crippen molar-refractivity contribution in [2.75, 3.05) is 32.8 Å². The summed E-state index contributed by atoms with van der Waals surface area (Å²) in [5.41, 5.74) is 1.97. The summed E-state index contributed by atoms with van der Waals surface area (Å²) in [5, 5.41) is 9.24. The fourth-order valence-electron chi connectivity index (χ4n) is 6.07. The highest BCUT2D eigenvalue weighted by Gasteiger charge is 2.39. The molecular weight excluding hydrogens is 398 g/mol. The number of carbonyl (C=O) groups is 1. The van der Waals surface area contributed by atoms with Crippen LogP contribution in [0.4, 0.5) is 0 Å². The van der Waals surface area contributed by atoms with Gasteiger partial charge in [0.15, 0.2) is 0 Å². The molecule has 3 fully saturated rings. The Labute approximate surface area is 185 Å². The normalized spacial score (nSPS) is 30.8. The van der Waals surface area contributed by atoms with Crippen LogP contribution in [0.1, 0.15) is 62.0 Å². The van der Waals surface area contributed by atoms with Crippen LogP contribution in [0.25, 0.3) is 0 Å². The average Bonchev–Trinajstić information content (AvgIpc) is 3.38. The molecule has 2 atom stereocenters. The first kappa shape index (κ1) is 21.5. The van der Waals surface area contributed by atoms with Crippen LogP contribution in [0.2, 0.25) is 0 Å². The Balaban J connectivity index is 0.00000218. The monoisotopic (exact) mass is 429 g/mol. The first-order chi connectivity index (χ1) is 14.2. The zero-order chi connectivity index (χ0) is 19.8. The molecule has 1 amide bonds. The van der Waals surface area contributed by atoms with Crippen LogP contribution in [0.15, 0.2) is 18.2 Å². The lowest BCUT2D eigenvalue weighted by Crippen LogP contribution is -2.39. The molecule has 2 saturated heterocycles. The van der Waals surface area contributed by atoms with Crippen LogP contribution < -0.4 is 4.74 Å². The van der Waals surface area contributed by atoms with Crippen molar-refractivity contribution in [3.63, 3.8) is 0 Å². The zero-order valence-corrected chi connectivity index (χ0v) is 18.4. The maximum atomic E-state index is 12.0. The predicted molar refractivity (Wildman–Crippen MR) is 118 cm³/mol.